The van der Waals surface area contributed by atoms with Crippen LogP contribution in [0.2, 0.25) is 5.15 Å². The number of anilines is 1. The Balaban J connectivity index is 2.05. The van der Waals surface area contributed by atoms with Crippen molar-refractivity contribution in [2.75, 3.05) is 25.1 Å². The van der Waals surface area contributed by atoms with Crippen LogP contribution >= 0.6 is 11.6 Å². The van der Waals surface area contributed by atoms with Gasteiger partial charge in [0.2, 0.25) is 0 Å². The van der Waals surface area contributed by atoms with Crippen LogP contribution in [-0.2, 0) is 4.79 Å². The molecule has 1 aromatic rings. The van der Waals surface area contributed by atoms with Crippen LogP contribution in [0.25, 0.3) is 0 Å². The lowest BCUT2D eigenvalue weighted by Gasteiger charge is -2.40. The van der Waals surface area contributed by atoms with Crippen LogP contribution < -0.4 is 9.64 Å². The summed E-state index contributed by atoms with van der Waals surface area (Å²) in [5.74, 6) is 0.0988. The largest absolute Gasteiger partial charge is 0.493 e. The SMILES string of the molecule is COc1cnc(Cl)cc1N1CC(CC(=O)O)C1. The van der Waals surface area contributed by atoms with Crippen molar-refractivity contribution in [2.45, 2.75) is 6.42 Å². The highest BCUT2D eigenvalue weighted by molar-refractivity contribution is 6.29. The highest BCUT2D eigenvalue weighted by atomic mass is 35.5. The predicted molar refractivity (Wildman–Crippen MR) is 63.8 cm³/mol. The second-order valence-electron chi connectivity index (χ2n) is 4.05. The zero-order chi connectivity index (χ0) is 12.4. The van der Waals surface area contributed by atoms with Crippen molar-refractivity contribution in [2.24, 2.45) is 5.92 Å². The molecule has 0 unspecified atom stereocenters. The molecule has 0 atom stereocenters. The summed E-state index contributed by atoms with van der Waals surface area (Å²) in [5.41, 5.74) is 0.870. The van der Waals surface area contributed by atoms with Gasteiger partial charge in [0.1, 0.15) is 5.15 Å². The van der Waals surface area contributed by atoms with Gasteiger partial charge in [-0.05, 0) is 0 Å². The van der Waals surface area contributed by atoms with Gasteiger partial charge in [0.05, 0.1) is 25.4 Å². The van der Waals surface area contributed by atoms with E-state index in [-0.39, 0.29) is 12.3 Å². The molecule has 6 heteroatoms. The van der Waals surface area contributed by atoms with Crippen molar-refractivity contribution in [1.29, 1.82) is 0 Å². The molecule has 17 heavy (non-hydrogen) atoms. The van der Waals surface area contributed by atoms with E-state index >= 15 is 0 Å². The fourth-order valence-corrected chi connectivity index (χ4v) is 2.11. The topological polar surface area (TPSA) is 62.7 Å². The maximum absolute atomic E-state index is 10.5. The molecule has 0 aromatic carbocycles. The number of pyridine rings is 1. The molecule has 92 valence electrons. The molecule has 2 rings (SSSR count). The van der Waals surface area contributed by atoms with E-state index in [1.54, 1.807) is 19.4 Å². The first-order chi connectivity index (χ1) is 8.10. The van der Waals surface area contributed by atoms with Crippen LogP contribution in [0.4, 0.5) is 5.69 Å². The van der Waals surface area contributed by atoms with Crippen molar-refractivity contribution in [1.82, 2.24) is 4.98 Å². The van der Waals surface area contributed by atoms with Crippen LogP contribution in [0.15, 0.2) is 12.3 Å². The molecule has 1 N–H and O–H groups in total. The number of hydrogen-bond acceptors (Lipinski definition) is 4. The third kappa shape index (κ3) is 2.61. The van der Waals surface area contributed by atoms with E-state index in [1.165, 1.54) is 0 Å². The molecule has 1 saturated heterocycles. The van der Waals surface area contributed by atoms with Crippen molar-refractivity contribution in [3.05, 3.63) is 17.4 Å². The minimum Gasteiger partial charge on any atom is -0.493 e. The summed E-state index contributed by atoms with van der Waals surface area (Å²) in [5, 5.41) is 9.08. The summed E-state index contributed by atoms with van der Waals surface area (Å²) in [6, 6.07) is 1.73. The number of aromatic nitrogens is 1. The molecule has 0 bridgehead atoms. The average molecular weight is 257 g/mol. The molecule has 1 aliphatic rings. The summed E-state index contributed by atoms with van der Waals surface area (Å²) < 4.78 is 5.19. The van der Waals surface area contributed by atoms with Crippen LogP contribution in [-0.4, -0.2) is 36.3 Å². The highest BCUT2D eigenvalue weighted by Gasteiger charge is 2.30. The van der Waals surface area contributed by atoms with Gasteiger partial charge in [-0.25, -0.2) is 4.98 Å². The van der Waals surface area contributed by atoms with Crippen molar-refractivity contribution in [3.8, 4) is 5.75 Å². The Morgan fingerprint density at radius 3 is 3.00 bits per heavy atom. The molecular weight excluding hydrogens is 244 g/mol. The fourth-order valence-electron chi connectivity index (χ4n) is 1.95. The van der Waals surface area contributed by atoms with Crippen LogP contribution in [0.3, 0.4) is 0 Å². The fraction of sp³-hybridized carbons (Fsp3) is 0.455. The predicted octanol–water partition coefficient (Wildman–Crippen LogP) is 1.65. The van der Waals surface area contributed by atoms with Gasteiger partial charge in [0, 0.05) is 25.1 Å². The number of carboxylic acids is 1. The first-order valence-corrected chi connectivity index (χ1v) is 5.64. The van der Waals surface area contributed by atoms with Crippen LogP contribution in [0.5, 0.6) is 5.75 Å². The van der Waals surface area contributed by atoms with E-state index in [1.807, 2.05) is 4.90 Å². The Hall–Kier alpha value is -1.49. The summed E-state index contributed by atoms with van der Waals surface area (Å²) in [7, 11) is 1.57. The Labute approximate surface area is 104 Å². The summed E-state index contributed by atoms with van der Waals surface area (Å²) in [6.07, 6.45) is 1.78. The summed E-state index contributed by atoms with van der Waals surface area (Å²) in [6.45, 7) is 1.42. The lowest BCUT2D eigenvalue weighted by molar-refractivity contribution is -0.138. The number of rotatable bonds is 4. The normalized spacial score (nSPS) is 15.5. The first-order valence-electron chi connectivity index (χ1n) is 5.26. The molecule has 5 nitrogen and oxygen atoms in total. The number of methoxy groups -OCH3 is 1. The summed E-state index contributed by atoms with van der Waals surface area (Å²) in [4.78, 5) is 16.5. The number of hydrogen-bond donors (Lipinski definition) is 1. The quantitative estimate of drug-likeness (QED) is 0.830. The van der Waals surface area contributed by atoms with Crippen LogP contribution in [0, 0.1) is 5.92 Å². The first kappa shape index (κ1) is 12.0. The highest BCUT2D eigenvalue weighted by Crippen LogP contribution is 2.34. The van der Waals surface area contributed by atoms with Crippen LogP contribution in [0.1, 0.15) is 6.42 Å². The zero-order valence-electron chi connectivity index (χ0n) is 9.39. The second kappa shape index (κ2) is 4.79. The lowest BCUT2D eigenvalue weighted by atomic mass is 9.96. The molecule has 0 saturated carbocycles. The number of aliphatic carboxylic acids is 1. The molecule has 0 aliphatic carbocycles. The molecule has 1 fully saturated rings. The van der Waals surface area contributed by atoms with E-state index in [4.69, 9.17) is 21.4 Å². The van der Waals surface area contributed by atoms with E-state index in [0.29, 0.717) is 24.0 Å². The average Bonchev–Trinajstić information content (AvgIpc) is 2.22. The third-order valence-corrected chi connectivity index (χ3v) is 3.00. The number of halogens is 1. The van der Waals surface area contributed by atoms with Gasteiger partial charge in [-0.15, -0.1) is 0 Å². The number of ether oxygens (including phenoxy) is 1. The molecule has 0 radical (unpaired) electrons. The minimum atomic E-state index is -0.755. The van der Waals surface area contributed by atoms with Gasteiger partial charge in [0.15, 0.2) is 5.75 Å². The molecule has 1 aromatic heterocycles. The maximum Gasteiger partial charge on any atom is 0.303 e. The summed E-state index contributed by atoms with van der Waals surface area (Å²) >= 11 is 5.83. The van der Waals surface area contributed by atoms with Gasteiger partial charge >= 0.3 is 5.97 Å². The zero-order valence-corrected chi connectivity index (χ0v) is 10.1. The van der Waals surface area contributed by atoms with Gasteiger partial charge in [-0.3, -0.25) is 4.79 Å². The Kier molecular flexibility index (Phi) is 3.38. The van der Waals surface area contributed by atoms with E-state index in [0.717, 1.165) is 5.69 Å². The Morgan fingerprint density at radius 1 is 1.71 bits per heavy atom. The van der Waals surface area contributed by atoms with E-state index in [2.05, 4.69) is 4.98 Å². The van der Waals surface area contributed by atoms with E-state index in [9.17, 15) is 4.79 Å². The lowest BCUT2D eigenvalue weighted by Crippen LogP contribution is -2.47. The maximum atomic E-state index is 10.5. The monoisotopic (exact) mass is 256 g/mol. The minimum absolute atomic E-state index is 0.198. The number of carboxylic acid groups (broad SMARTS) is 1. The van der Waals surface area contributed by atoms with Crippen molar-refractivity contribution in [3.63, 3.8) is 0 Å². The Morgan fingerprint density at radius 2 is 2.41 bits per heavy atom. The van der Waals surface area contributed by atoms with E-state index < -0.39 is 5.97 Å². The number of nitrogens with zero attached hydrogens (tertiary/aromatic N) is 2. The molecule has 2 heterocycles. The number of carbonyl (C=O) groups is 1. The van der Waals surface area contributed by atoms with Gasteiger partial charge in [-0.1, -0.05) is 11.6 Å². The third-order valence-electron chi connectivity index (χ3n) is 2.79. The molecular formula is C11H13ClN2O3. The molecule has 1 aliphatic heterocycles. The van der Waals surface area contributed by atoms with Crippen molar-refractivity contribution < 1.29 is 14.6 Å². The molecule has 0 spiro atoms. The second-order valence-corrected chi connectivity index (χ2v) is 4.43. The smallest absolute Gasteiger partial charge is 0.303 e. The Bertz CT molecular complexity index is 433. The van der Waals surface area contributed by atoms with Gasteiger partial charge in [0.25, 0.3) is 0 Å². The molecule has 0 amide bonds. The van der Waals surface area contributed by atoms with Crippen molar-refractivity contribution >= 4 is 23.3 Å². The standard InChI is InChI=1S/C11H13ClN2O3/c1-17-9-4-13-10(12)3-8(9)14-5-7(6-14)2-11(15)16/h3-4,7H,2,5-6H2,1H3,(H,15,16). The van der Waals surface area contributed by atoms with Gasteiger partial charge in [-0.2, -0.15) is 0 Å². The van der Waals surface area contributed by atoms with Gasteiger partial charge < -0.3 is 14.7 Å².